The summed E-state index contributed by atoms with van der Waals surface area (Å²) in [4.78, 5) is 2.47. The van der Waals surface area contributed by atoms with Crippen LogP contribution in [0.25, 0.3) is 0 Å². The highest BCUT2D eigenvalue weighted by Crippen LogP contribution is 2.33. The molecule has 2 fully saturated rings. The summed E-state index contributed by atoms with van der Waals surface area (Å²) < 4.78 is 5.51. The number of hydrogen-bond acceptors (Lipinski definition) is 3. The maximum absolute atomic E-state index is 5.51. The van der Waals surface area contributed by atoms with Crippen LogP contribution >= 0.6 is 0 Å². The molecule has 3 nitrogen and oxygen atoms in total. The van der Waals surface area contributed by atoms with E-state index in [1.54, 1.807) is 6.26 Å². The van der Waals surface area contributed by atoms with Gasteiger partial charge in [-0.05, 0) is 55.5 Å². The minimum atomic E-state index is 0.686. The van der Waals surface area contributed by atoms with Gasteiger partial charge in [0.05, 0.1) is 12.8 Å². The molecule has 4 rings (SSSR count). The zero-order valence-corrected chi connectivity index (χ0v) is 12.3. The maximum atomic E-state index is 5.51. The van der Waals surface area contributed by atoms with E-state index in [0.29, 0.717) is 6.04 Å². The van der Waals surface area contributed by atoms with Gasteiger partial charge in [-0.15, -0.1) is 0 Å². The van der Waals surface area contributed by atoms with Crippen molar-refractivity contribution in [2.75, 3.05) is 4.90 Å². The third-order valence-corrected chi connectivity index (χ3v) is 4.33. The number of hydrogen-bond donors (Lipinski definition) is 1. The van der Waals surface area contributed by atoms with Crippen LogP contribution in [0.5, 0.6) is 0 Å². The second-order valence-corrected chi connectivity index (χ2v) is 6.26. The molecule has 2 aliphatic rings. The van der Waals surface area contributed by atoms with Gasteiger partial charge in [0.15, 0.2) is 0 Å². The van der Waals surface area contributed by atoms with Gasteiger partial charge in [-0.2, -0.15) is 0 Å². The number of rotatable bonds is 7. The topological polar surface area (TPSA) is 28.4 Å². The summed E-state index contributed by atoms with van der Waals surface area (Å²) in [6.07, 6.45) is 7.04. The van der Waals surface area contributed by atoms with Crippen molar-refractivity contribution >= 4 is 5.69 Å². The van der Waals surface area contributed by atoms with Crippen LogP contribution in [-0.4, -0.2) is 12.1 Å². The first kappa shape index (κ1) is 13.0. The molecule has 2 saturated carbocycles. The Kier molecular flexibility index (Phi) is 3.44. The van der Waals surface area contributed by atoms with Gasteiger partial charge in [-0.3, -0.25) is 0 Å². The zero-order chi connectivity index (χ0) is 14.1. The standard InChI is InChI=1S/C18H22N2O/c1-2-18(21-11-1)13-20(17-9-10-17)16-7-3-14(4-8-16)12-19-15-5-6-15/h1-4,7-8,11,15,17,19H,5-6,9-10,12-13H2. The predicted molar refractivity (Wildman–Crippen MR) is 84.2 cm³/mol. The third-order valence-electron chi connectivity index (χ3n) is 4.33. The van der Waals surface area contributed by atoms with Crippen molar-refractivity contribution in [3.05, 3.63) is 54.0 Å². The van der Waals surface area contributed by atoms with Crippen LogP contribution in [0.4, 0.5) is 5.69 Å². The fraction of sp³-hybridized carbons (Fsp3) is 0.444. The van der Waals surface area contributed by atoms with Gasteiger partial charge in [0.1, 0.15) is 5.76 Å². The summed E-state index contributed by atoms with van der Waals surface area (Å²) >= 11 is 0. The van der Waals surface area contributed by atoms with Crippen LogP contribution in [0.1, 0.15) is 37.0 Å². The lowest BCUT2D eigenvalue weighted by Gasteiger charge is -2.24. The Balaban J connectivity index is 1.44. The van der Waals surface area contributed by atoms with Crippen LogP contribution < -0.4 is 10.2 Å². The molecule has 21 heavy (non-hydrogen) atoms. The van der Waals surface area contributed by atoms with Gasteiger partial charge in [-0.25, -0.2) is 0 Å². The van der Waals surface area contributed by atoms with E-state index in [-0.39, 0.29) is 0 Å². The Morgan fingerprint density at radius 1 is 1.05 bits per heavy atom. The van der Waals surface area contributed by atoms with E-state index in [2.05, 4.69) is 40.5 Å². The fourth-order valence-electron chi connectivity index (χ4n) is 2.74. The van der Waals surface area contributed by atoms with E-state index in [0.717, 1.165) is 24.9 Å². The minimum Gasteiger partial charge on any atom is -0.467 e. The van der Waals surface area contributed by atoms with Crippen LogP contribution in [0, 0.1) is 0 Å². The third kappa shape index (κ3) is 3.30. The number of nitrogens with zero attached hydrogens (tertiary/aromatic N) is 1. The molecule has 1 aromatic carbocycles. The van der Waals surface area contributed by atoms with E-state index in [9.17, 15) is 0 Å². The van der Waals surface area contributed by atoms with E-state index < -0.39 is 0 Å². The van der Waals surface area contributed by atoms with Gasteiger partial charge in [0.25, 0.3) is 0 Å². The van der Waals surface area contributed by atoms with Crippen molar-refractivity contribution in [3.63, 3.8) is 0 Å². The Morgan fingerprint density at radius 3 is 2.48 bits per heavy atom. The number of furan rings is 1. The van der Waals surface area contributed by atoms with Crippen molar-refractivity contribution in [2.45, 2.75) is 50.9 Å². The van der Waals surface area contributed by atoms with Crippen LogP contribution in [0.2, 0.25) is 0 Å². The Labute approximate surface area is 126 Å². The molecular weight excluding hydrogens is 260 g/mol. The predicted octanol–water partition coefficient (Wildman–Crippen LogP) is 3.70. The fourth-order valence-corrected chi connectivity index (χ4v) is 2.74. The molecule has 0 spiro atoms. The zero-order valence-electron chi connectivity index (χ0n) is 12.3. The van der Waals surface area contributed by atoms with E-state index >= 15 is 0 Å². The smallest absolute Gasteiger partial charge is 0.123 e. The molecule has 0 aliphatic heterocycles. The second kappa shape index (κ2) is 5.57. The van der Waals surface area contributed by atoms with Crippen LogP contribution in [-0.2, 0) is 13.1 Å². The highest BCUT2D eigenvalue weighted by atomic mass is 16.3. The quantitative estimate of drug-likeness (QED) is 0.839. The molecule has 1 aromatic heterocycles. The Bertz CT molecular complexity index is 568. The van der Waals surface area contributed by atoms with Crippen molar-refractivity contribution in [3.8, 4) is 0 Å². The van der Waals surface area contributed by atoms with Gasteiger partial charge < -0.3 is 14.6 Å². The lowest BCUT2D eigenvalue weighted by molar-refractivity contribution is 0.501. The molecule has 3 heteroatoms. The molecule has 2 aromatic rings. The molecule has 1 heterocycles. The van der Waals surface area contributed by atoms with Crippen molar-refractivity contribution in [2.24, 2.45) is 0 Å². The molecular formula is C18H22N2O. The van der Waals surface area contributed by atoms with Gasteiger partial charge in [-0.1, -0.05) is 12.1 Å². The molecule has 0 bridgehead atoms. The summed E-state index contributed by atoms with van der Waals surface area (Å²) in [6.45, 7) is 1.86. The largest absolute Gasteiger partial charge is 0.467 e. The normalized spacial score (nSPS) is 17.9. The summed E-state index contributed by atoms with van der Waals surface area (Å²) in [6, 6.07) is 14.5. The summed E-state index contributed by atoms with van der Waals surface area (Å²) in [5.41, 5.74) is 2.68. The number of benzene rings is 1. The Hall–Kier alpha value is -1.74. The van der Waals surface area contributed by atoms with E-state index in [1.165, 1.54) is 36.9 Å². The van der Waals surface area contributed by atoms with Gasteiger partial charge in [0.2, 0.25) is 0 Å². The molecule has 0 radical (unpaired) electrons. The highest BCUT2D eigenvalue weighted by Gasteiger charge is 2.29. The second-order valence-electron chi connectivity index (χ2n) is 6.26. The molecule has 1 N–H and O–H groups in total. The van der Waals surface area contributed by atoms with Gasteiger partial charge >= 0.3 is 0 Å². The lowest BCUT2D eigenvalue weighted by atomic mass is 10.2. The van der Waals surface area contributed by atoms with Gasteiger partial charge in [0, 0.05) is 24.3 Å². The van der Waals surface area contributed by atoms with Crippen LogP contribution in [0.3, 0.4) is 0 Å². The molecule has 0 saturated heterocycles. The molecule has 0 atom stereocenters. The van der Waals surface area contributed by atoms with Crippen molar-refractivity contribution in [1.82, 2.24) is 5.32 Å². The molecule has 2 aliphatic carbocycles. The monoisotopic (exact) mass is 282 g/mol. The molecule has 110 valence electrons. The Morgan fingerprint density at radius 2 is 1.86 bits per heavy atom. The molecule has 0 unspecified atom stereocenters. The maximum Gasteiger partial charge on any atom is 0.123 e. The van der Waals surface area contributed by atoms with Crippen LogP contribution in [0.15, 0.2) is 47.1 Å². The van der Waals surface area contributed by atoms with Crippen molar-refractivity contribution in [1.29, 1.82) is 0 Å². The summed E-state index contributed by atoms with van der Waals surface area (Å²) in [7, 11) is 0. The van der Waals surface area contributed by atoms with Crippen molar-refractivity contribution < 1.29 is 4.42 Å². The van der Waals surface area contributed by atoms with E-state index in [1.807, 2.05) is 6.07 Å². The van der Waals surface area contributed by atoms with E-state index in [4.69, 9.17) is 4.42 Å². The molecule has 0 amide bonds. The lowest BCUT2D eigenvalue weighted by Crippen LogP contribution is -2.24. The SMILES string of the molecule is c1coc(CN(c2ccc(CNC3CC3)cc2)C2CC2)c1. The summed E-state index contributed by atoms with van der Waals surface area (Å²) in [5, 5.41) is 3.56. The number of nitrogens with one attached hydrogen (secondary N) is 1. The first-order valence-corrected chi connectivity index (χ1v) is 8.00. The minimum absolute atomic E-state index is 0.686. The summed E-state index contributed by atoms with van der Waals surface area (Å²) in [5.74, 6) is 1.04. The highest BCUT2D eigenvalue weighted by molar-refractivity contribution is 5.50. The average molecular weight is 282 g/mol. The first-order valence-electron chi connectivity index (χ1n) is 8.00. The number of anilines is 1. The first-order chi connectivity index (χ1) is 10.4. The average Bonchev–Trinajstić information content (AvgIpc) is 3.44.